The van der Waals surface area contributed by atoms with Crippen molar-refractivity contribution >= 4 is 148 Å². The molecular formula is C82H112N16O24S3+2. The topological polar surface area (TPSA) is 459 Å². The van der Waals surface area contributed by atoms with Crippen molar-refractivity contribution in [2.45, 2.75) is 221 Å². The van der Waals surface area contributed by atoms with E-state index in [0.29, 0.717) is 60.9 Å². The zero-order valence-corrected chi connectivity index (χ0v) is 77.0. The number of rotatable bonds is 30. The van der Waals surface area contributed by atoms with Gasteiger partial charge in [-0.1, -0.05) is 22.4 Å². The van der Waals surface area contributed by atoms with Gasteiger partial charge >= 0.3 is 46.7 Å². The SMILES string of the molecule is C[n+]1cc2cc(OC[C@H](O/N=C(\C(=O)N[C@@H]3C(=O)N(OS(=O)(=O)ON4C(=O)[C@@H](NC(=O)/C(=N\O[C@@H](COc5ccc6cc(NCC7CN(C(=O)OC(C)(C)C)C7)[n+](C)cc6c5)C(=O)OC(C)(C)C)c5csc(NC(=O)OC(C)(C)C)n5)C4(C)C)C3(C)C)c3csc(NC(=O)OC(C)(C)C)n3)C(=O)OC(C)(C)C)ccc2cc1NCC1CN(C(=O)OC(C)(C)C)C1. The molecule has 40 nitrogen and oxygen atoms in total. The summed E-state index contributed by atoms with van der Waals surface area (Å²) in [6.45, 7) is 37.9. The number of aryl methyl sites for hydroxylation is 2. The highest BCUT2D eigenvalue weighted by Gasteiger charge is 2.62. The number of aromatic nitrogens is 4. The Balaban J connectivity index is 0.812. The van der Waals surface area contributed by atoms with Crippen LogP contribution in [0.15, 0.2) is 82.0 Å². The van der Waals surface area contributed by atoms with Crippen LogP contribution in [-0.2, 0) is 99.9 Å². The Hall–Kier alpha value is -11.6. The number of likely N-dealkylation sites (tertiary alicyclic amines) is 2. The van der Waals surface area contributed by atoms with Gasteiger partial charge in [0.25, 0.3) is 47.5 Å². The Kier molecular flexibility index (Phi) is 28.3. The number of nitrogens with one attached hydrogen (secondary N) is 6. The molecule has 4 aliphatic heterocycles. The number of amides is 8. The Bertz CT molecular complexity index is 4970. The fourth-order valence-electron chi connectivity index (χ4n) is 12.5. The number of thiazole rings is 2. The van der Waals surface area contributed by atoms with Gasteiger partial charge in [0, 0.05) is 71.7 Å². The van der Waals surface area contributed by atoms with E-state index in [4.69, 9.17) is 56.1 Å². The highest BCUT2D eigenvalue weighted by Crippen LogP contribution is 2.38. The third kappa shape index (κ3) is 25.8. The van der Waals surface area contributed by atoms with Crippen molar-refractivity contribution in [1.82, 2.24) is 40.5 Å². The van der Waals surface area contributed by atoms with Crippen LogP contribution in [0.3, 0.4) is 0 Å². The molecule has 4 atom stereocenters. The molecule has 43 heteroatoms. The lowest BCUT2D eigenvalue weighted by molar-refractivity contribution is -0.656. The van der Waals surface area contributed by atoms with Crippen molar-refractivity contribution in [2.75, 3.05) is 73.7 Å². The summed E-state index contributed by atoms with van der Waals surface area (Å²) in [7, 11) is -1.79. The van der Waals surface area contributed by atoms with Gasteiger partial charge in [-0.2, -0.15) is 18.5 Å². The maximum absolute atomic E-state index is 14.7. The van der Waals surface area contributed by atoms with Crippen molar-refractivity contribution in [3.63, 3.8) is 0 Å². The van der Waals surface area contributed by atoms with E-state index < -0.39 is 152 Å². The van der Waals surface area contributed by atoms with Crippen LogP contribution in [0.1, 0.15) is 164 Å². The van der Waals surface area contributed by atoms with Gasteiger partial charge in [0.2, 0.25) is 0 Å². The summed E-state index contributed by atoms with van der Waals surface area (Å²) in [4.78, 5) is 161. The minimum Gasteiger partial charge on any atom is -0.489 e. The third-order valence-corrected chi connectivity index (χ3v) is 20.7. The number of benzene rings is 2. The molecular weight excluding hydrogens is 1690 g/mol. The molecule has 0 aliphatic carbocycles. The normalized spacial score (nSPS) is 17.6. The van der Waals surface area contributed by atoms with Gasteiger partial charge in [-0.3, -0.25) is 40.4 Å². The maximum atomic E-state index is 14.7. The predicted octanol–water partition coefficient (Wildman–Crippen LogP) is 8.85. The number of nitrogens with zero attached hydrogens (tertiary/aromatic N) is 10. The lowest BCUT2D eigenvalue weighted by Gasteiger charge is -2.52. The average Bonchev–Trinajstić information content (AvgIpc) is 1.12. The molecule has 6 aromatic rings. The number of pyridine rings is 2. The standard InChI is InChI=1S/C82H110N16O24S3/c1-75(2,3)113-67(103)55(41-111-51-27-25-47-31-57(93(23)39-49(47)29-51)83-33-45-35-95(36-45)73(107)117-79(13,14)15)119-91-59(53-43-123-69(85-53)89-71(105)115-77(7,8)9)63(99)87-61-65(101)97(81(61,19)20)121-125(109,110)122-98-66(102)62(82(98,21)22)88-64(100)60(54-44-124-70(86-54)90-72(106)116-78(10,11)12)92-120-56(68(104)114-76(4,5)6)42-112-52-28-26-48-32-58(94(24)40-50(48)30-52)84-34-46-37-96(38-46)74(108)118-80(16,17)18/h25-32,39-40,43-46,55-56,61-62H,33-38,41-42H2,1-24H3,(H4,85,86,87,88,89,90,99,100,105,106)/p+2/b91-59-,92-60-/t55-,56-,61+,62+/m0/s1. The summed E-state index contributed by atoms with van der Waals surface area (Å²) in [5, 5.41) is 31.4. The van der Waals surface area contributed by atoms with Crippen LogP contribution in [0, 0.1) is 11.8 Å². The van der Waals surface area contributed by atoms with E-state index in [1.54, 1.807) is 117 Å². The van der Waals surface area contributed by atoms with Gasteiger partial charge < -0.3 is 68.0 Å². The van der Waals surface area contributed by atoms with Crippen LogP contribution in [0.2, 0.25) is 0 Å². The number of hydrogen-bond donors (Lipinski definition) is 6. The summed E-state index contributed by atoms with van der Waals surface area (Å²) < 4.78 is 87.7. The number of carbonyl (C=O) groups is 10. The van der Waals surface area contributed by atoms with Crippen LogP contribution in [0.5, 0.6) is 11.5 Å². The van der Waals surface area contributed by atoms with E-state index in [-0.39, 0.29) is 45.7 Å². The lowest BCUT2D eigenvalue weighted by Crippen LogP contribution is -2.78. The molecule has 2 aromatic carbocycles. The van der Waals surface area contributed by atoms with Crippen LogP contribution < -0.4 is 50.5 Å². The van der Waals surface area contributed by atoms with Crippen molar-refractivity contribution in [3.05, 3.63) is 83.1 Å². The zero-order chi connectivity index (χ0) is 92.4. The monoisotopic (exact) mass is 1800 g/mol. The highest BCUT2D eigenvalue weighted by molar-refractivity contribution is 7.81. The number of esters is 2. The van der Waals surface area contributed by atoms with Gasteiger partial charge in [0.05, 0.1) is 50.7 Å². The van der Waals surface area contributed by atoms with E-state index in [2.05, 4.69) is 52.2 Å². The molecule has 0 bridgehead atoms. The smallest absolute Gasteiger partial charge is 0.442 e. The first-order valence-corrected chi connectivity index (χ1v) is 43.2. The molecule has 0 spiro atoms. The molecule has 680 valence electrons. The van der Waals surface area contributed by atoms with Gasteiger partial charge in [-0.05, 0) is 187 Å². The third-order valence-electron chi connectivity index (χ3n) is 18.5. The average molecular weight is 1800 g/mol. The first kappa shape index (κ1) is 95.7. The Morgan fingerprint density at radius 1 is 0.496 bits per heavy atom. The molecule has 8 amide bonds. The van der Waals surface area contributed by atoms with Gasteiger partial charge in [0.1, 0.15) is 81.8 Å². The largest absolute Gasteiger partial charge is 0.489 e. The summed E-state index contributed by atoms with van der Waals surface area (Å²) >= 11 is 1.67. The Labute approximate surface area is 732 Å². The van der Waals surface area contributed by atoms with Crippen LogP contribution in [0.25, 0.3) is 21.5 Å². The lowest BCUT2D eigenvalue weighted by atomic mass is 9.84. The Morgan fingerprint density at radius 3 is 1.15 bits per heavy atom. The van der Waals surface area contributed by atoms with E-state index in [9.17, 15) is 56.4 Å². The van der Waals surface area contributed by atoms with Gasteiger partial charge in [-0.25, -0.2) is 47.9 Å². The molecule has 125 heavy (non-hydrogen) atoms. The fraction of sp³-hybridized carbons (Fsp3) is 0.561. The second-order valence-electron chi connectivity index (χ2n) is 37.4. The Morgan fingerprint density at radius 2 is 0.832 bits per heavy atom. The van der Waals surface area contributed by atoms with E-state index in [1.165, 1.54) is 38.5 Å². The summed E-state index contributed by atoms with van der Waals surface area (Å²) in [5.74, 6) is -4.08. The maximum Gasteiger partial charge on any atom is 0.442 e. The van der Waals surface area contributed by atoms with Gasteiger partial charge in [-0.15, -0.1) is 31.2 Å². The van der Waals surface area contributed by atoms with E-state index in [0.717, 1.165) is 55.9 Å². The van der Waals surface area contributed by atoms with E-state index >= 15 is 0 Å². The van der Waals surface area contributed by atoms with Crippen molar-refractivity contribution in [3.8, 4) is 11.5 Å². The zero-order valence-electron chi connectivity index (χ0n) is 74.5. The quantitative estimate of drug-likeness (QED) is 0.00612. The molecule has 6 N–H and O–H groups in total. The number of β-lactam (4-membered cyclic amide) rings is 2. The molecule has 4 aromatic heterocycles. The number of ether oxygens (including phenoxy) is 8. The minimum atomic E-state index is -5.50. The van der Waals surface area contributed by atoms with Crippen LogP contribution >= 0.6 is 22.7 Å². The summed E-state index contributed by atoms with van der Waals surface area (Å²) in [5.41, 5.74) is -10.7. The number of hydrogen-bond acceptors (Lipinski definition) is 32. The van der Waals surface area contributed by atoms with Crippen LogP contribution in [0.4, 0.5) is 41.1 Å². The predicted molar refractivity (Wildman–Crippen MR) is 456 cm³/mol. The molecule has 4 aliphatic rings. The van der Waals surface area contributed by atoms with E-state index in [1.807, 2.05) is 101 Å². The minimum absolute atomic E-state index is 0.0888. The number of anilines is 4. The molecule has 0 saturated carbocycles. The number of hydroxylamine groups is 4. The first-order chi connectivity index (χ1) is 57.7. The summed E-state index contributed by atoms with van der Waals surface area (Å²) in [6.07, 6.45) is -2.17. The van der Waals surface area contributed by atoms with Crippen LogP contribution in [-0.4, -0.2) is 231 Å². The molecule has 8 heterocycles. The van der Waals surface area contributed by atoms with Crippen molar-refractivity contribution < 1.29 is 122 Å². The van der Waals surface area contributed by atoms with Gasteiger partial charge in [0.15, 0.2) is 21.7 Å². The second kappa shape index (κ2) is 36.9. The van der Waals surface area contributed by atoms with Crippen molar-refractivity contribution in [1.29, 1.82) is 0 Å². The summed E-state index contributed by atoms with van der Waals surface area (Å²) in [6, 6.07) is 11.1. The number of carbonyl (C=O) groups excluding carboxylic acids is 10. The number of fused-ring (bicyclic) bond motifs is 2. The molecule has 0 radical (unpaired) electrons. The molecule has 4 fully saturated rings. The second-order valence-corrected chi connectivity index (χ2v) is 40.2. The highest BCUT2D eigenvalue weighted by atomic mass is 32.3. The fourth-order valence-corrected chi connectivity index (χ4v) is 14.8. The molecule has 0 unspecified atom stereocenters. The number of oxime groups is 2. The first-order valence-electron chi connectivity index (χ1n) is 40.1. The molecule has 10 rings (SSSR count). The van der Waals surface area contributed by atoms with Crippen molar-refractivity contribution in [2.24, 2.45) is 36.2 Å². The molecule has 4 saturated heterocycles.